The number of benzene rings is 1. The van der Waals surface area contributed by atoms with Gasteiger partial charge in [-0.25, -0.2) is 8.78 Å². The second kappa shape index (κ2) is 5.85. The number of hydrogen-bond donors (Lipinski definition) is 2. The van der Waals surface area contributed by atoms with Crippen LogP contribution in [0.3, 0.4) is 0 Å². The van der Waals surface area contributed by atoms with Crippen molar-refractivity contribution in [2.75, 3.05) is 13.2 Å². The molecule has 1 aromatic rings. The zero-order chi connectivity index (χ0) is 15.6. The Morgan fingerprint density at radius 2 is 2.10 bits per heavy atom. The topological polar surface area (TPSA) is 81.8 Å². The molecule has 5 nitrogen and oxygen atoms in total. The maximum atomic E-state index is 13.6. The van der Waals surface area contributed by atoms with Crippen LogP contribution in [-0.2, 0) is 10.7 Å². The Morgan fingerprint density at radius 3 is 2.71 bits per heavy atom. The van der Waals surface area contributed by atoms with Gasteiger partial charge in [0.15, 0.2) is 11.5 Å². The fourth-order valence-electron chi connectivity index (χ4n) is 2.14. The number of aliphatic carboxylic acids is 1. The van der Waals surface area contributed by atoms with Gasteiger partial charge in [0.25, 0.3) is 5.92 Å². The van der Waals surface area contributed by atoms with Gasteiger partial charge in [-0.3, -0.25) is 4.79 Å². The molecule has 0 aromatic heterocycles. The normalized spacial score (nSPS) is 15.6. The summed E-state index contributed by atoms with van der Waals surface area (Å²) in [5.74, 6) is -3.49. The van der Waals surface area contributed by atoms with Gasteiger partial charge in [-0.2, -0.15) is 0 Å². The number of rotatable bonds is 5. The molecule has 0 saturated heterocycles. The molecule has 2 rings (SSSR count). The number of halogens is 2. The minimum Gasteiger partial charge on any atom is -0.486 e. The van der Waals surface area contributed by atoms with Crippen LogP contribution in [0.5, 0.6) is 11.5 Å². The Balaban J connectivity index is 2.39. The van der Waals surface area contributed by atoms with E-state index in [1.54, 1.807) is 0 Å². The maximum absolute atomic E-state index is 13.6. The lowest BCUT2D eigenvalue weighted by atomic mass is 9.96. The first-order valence-electron chi connectivity index (χ1n) is 6.58. The number of ether oxygens (including phenoxy) is 2. The fourth-order valence-corrected chi connectivity index (χ4v) is 2.14. The molecule has 21 heavy (non-hydrogen) atoms. The van der Waals surface area contributed by atoms with E-state index >= 15 is 0 Å². The first-order valence-corrected chi connectivity index (χ1v) is 6.58. The number of carboxylic acid groups (broad SMARTS) is 1. The number of carbonyl (C=O) groups is 1. The van der Waals surface area contributed by atoms with E-state index in [0.29, 0.717) is 17.9 Å². The molecule has 0 radical (unpaired) electrons. The molecule has 1 unspecified atom stereocenters. The van der Waals surface area contributed by atoms with Crippen LogP contribution in [0.15, 0.2) is 12.1 Å². The molecular weight excluding hydrogens is 284 g/mol. The van der Waals surface area contributed by atoms with Crippen LogP contribution >= 0.6 is 0 Å². The number of hydrogen-bond acceptors (Lipinski definition) is 4. The summed E-state index contributed by atoms with van der Waals surface area (Å²) < 4.78 is 37.9. The average Bonchev–Trinajstić information content (AvgIpc) is 2.42. The highest BCUT2D eigenvalue weighted by molar-refractivity contribution is 5.66. The molecule has 7 heteroatoms. The van der Waals surface area contributed by atoms with Crippen LogP contribution in [0.2, 0.25) is 0 Å². The molecule has 0 bridgehead atoms. The highest BCUT2D eigenvalue weighted by Gasteiger charge is 2.30. The summed E-state index contributed by atoms with van der Waals surface area (Å²) >= 11 is 0. The highest BCUT2D eigenvalue weighted by atomic mass is 19.3. The third kappa shape index (κ3) is 3.60. The Labute approximate surface area is 120 Å². The van der Waals surface area contributed by atoms with E-state index in [1.807, 2.05) is 0 Å². The first-order chi connectivity index (χ1) is 9.79. The van der Waals surface area contributed by atoms with Gasteiger partial charge in [0, 0.05) is 30.5 Å². The predicted molar refractivity (Wildman–Crippen MR) is 70.8 cm³/mol. The molecule has 1 aliphatic rings. The van der Waals surface area contributed by atoms with Gasteiger partial charge in [0.1, 0.15) is 13.2 Å². The maximum Gasteiger partial charge on any atom is 0.303 e. The summed E-state index contributed by atoms with van der Waals surface area (Å²) in [5, 5.41) is 8.70. The van der Waals surface area contributed by atoms with Crippen molar-refractivity contribution in [2.24, 2.45) is 5.73 Å². The van der Waals surface area contributed by atoms with Crippen molar-refractivity contribution in [2.45, 2.75) is 31.7 Å². The molecule has 0 amide bonds. The van der Waals surface area contributed by atoms with Crippen LogP contribution in [0.1, 0.15) is 36.9 Å². The van der Waals surface area contributed by atoms with Crippen LogP contribution in [0.4, 0.5) is 8.78 Å². The molecule has 1 aliphatic heterocycles. The Kier molecular flexibility index (Phi) is 4.32. The lowest BCUT2D eigenvalue weighted by Gasteiger charge is -2.25. The van der Waals surface area contributed by atoms with Gasteiger partial charge in [-0.05, 0) is 18.6 Å². The minimum absolute atomic E-state index is 0.129. The molecule has 116 valence electrons. The van der Waals surface area contributed by atoms with Gasteiger partial charge < -0.3 is 20.3 Å². The Hall–Kier alpha value is -1.89. The van der Waals surface area contributed by atoms with Crippen LogP contribution in [0.25, 0.3) is 0 Å². The molecule has 0 spiro atoms. The van der Waals surface area contributed by atoms with Gasteiger partial charge in [-0.1, -0.05) is 0 Å². The second-order valence-electron chi connectivity index (χ2n) is 5.02. The summed E-state index contributed by atoms with van der Waals surface area (Å²) in [6, 6.07) is 1.79. The van der Waals surface area contributed by atoms with Gasteiger partial charge >= 0.3 is 5.97 Å². The van der Waals surface area contributed by atoms with Crippen molar-refractivity contribution in [3.05, 3.63) is 23.3 Å². The molecule has 1 aromatic carbocycles. The molecule has 3 N–H and O–H groups in total. The van der Waals surface area contributed by atoms with E-state index in [9.17, 15) is 13.6 Å². The summed E-state index contributed by atoms with van der Waals surface area (Å²) in [7, 11) is 0. The summed E-state index contributed by atoms with van der Waals surface area (Å²) in [4.78, 5) is 10.6. The minimum atomic E-state index is -3.04. The van der Waals surface area contributed by atoms with Gasteiger partial charge in [-0.15, -0.1) is 0 Å². The third-order valence-electron chi connectivity index (χ3n) is 3.25. The molecule has 0 aliphatic carbocycles. The van der Waals surface area contributed by atoms with E-state index in [2.05, 4.69) is 0 Å². The van der Waals surface area contributed by atoms with Gasteiger partial charge in [0.2, 0.25) is 0 Å². The summed E-state index contributed by atoms with van der Waals surface area (Å²) in [5.41, 5.74) is 6.06. The third-order valence-corrected chi connectivity index (χ3v) is 3.25. The quantitative estimate of drug-likeness (QED) is 0.873. The largest absolute Gasteiger partial charge is 0.486 e. The van der Waals surface area contributed by atoms with Crippen LogP contribution in [-0.4, -0.2) is 24.3 Å². The zero-order valence-corrected chi connectivity index (χ0v) is 11.6. The summed E-state index contributed by atoms with van der Waals surface area (Å²) in [6.07, 6.45) is -0.0204. The van der Waals surface area contributed by atoms with E-state index in [-0.39, 0.29) is 30.8 Å². The standard InChI is InChI=1S/C14H17F2NO4/c1-14(15,16)8-6-9(10(17)2-3-12(18)19)13-11(7-8)20-4-5-21-13/h6-7,10H,2-5,17H2,1H3,(H,18,19). The smallest absolute Gasteiger partial charge is 0.303 e. The molecular formula is C14H17F2NO4. The Morgan fingerprint density at radius 1 is 1.43 bits per heavy atom. The van der Waals surface area contributed by atoms with Crippen molar-refractivity contribution in [1.29, 1.82) is 0 Å². The average molecular weight is 301 g/mol. The number of alkyl halides is 2. The van der Waals surface area contributed by atoms with Crippen molar-refractivity contribution in [3.63, 3.8) is 0 Å². The van der Waals surface area contributed by atoms with Crippen molar-refractivity contribution < 1.29 is 28.2 Å². The number of nitrogens with two attached hydrogens (primary N) is 1. The van der Waals surface area contributed by atoms with Crippen molar-refractivity contribution in [1.82, 2.24) is 0 Å². The molecule has 0 fully saturated rings. The predicted octanol–water partition coefficient (Wildman–Crippen LogP) is 2.43. The monoisotopic (exact) mass is 301 g/mol. The highest BCUT2D eigenvalue weighted by Crippen LogP contribution is 2.42. The number of fused-ring (bicyclic) bond motifs is 1. The van der Waals surface area contributed by atoms with E-state index in [0.717, 1.165) is 6.92 Å². The van der Waals surface area contributed by atoms with E-state index in [1.165, 1.54) is 12.1 Å². The second-order valence-corrected chi connectivity index (χ2v) is 5.02. The van der Waals surface area contributed by atoms with Gasteiger partial charge in [0.05, 0.1) is 0 Å². The first kappa shape index (κ1) is 15.5. The molecule has 0 saturated carbocycles. The van der Waals surface area contributed by atoms with Crippen molar-refractivity contribution >= 4 is 5.97 Å². The fraction of sp³-hybridized carbons (Fsp3) is 0.500. The lowest BCUT2D eigenvalue weighted by Crippen LogP contribution is -2.21. The molecule has 1 atom stereocenters. The Bertz CT molecular complexity index is 543. The van der Waals surface area contributed by atoms with E-state index in [4.69, 9.17) is 20.3 Å². The number of carboxylic acids is 1. The lowest BCUT2D eigenvalue weighted by molar-refractivity contribution is -0.137. The van der Waals surface area contributed by atoms with Crippen molar-refractivity contribution in [3.8, 4) is 11.5 Å². The SMILES string of the molecule is CC(F)(F)c1cc2c(c(C(N)CCC(=O)O)c1)OCCO2. The molecule has 1 heterocycles. The van der Waals surface area contributed by atoms with E-state index < -0.39 is 17.9 Å². The summed E-state index contributed by atoms with van der Waals surface area (Å²) in [6.45, 7) is 1.36. The van der Waals surface area contributed by atoms with Crippen LogP contribution < -0.4 is 15.2 Å². The van der Waals surface area contributed by atoms with Crippen LogP contribution in [0, 0.1) is 0 Å². The zero-order valence-electron chi connectivity index (χ0n) is 11.6.